The Hall–Kier alpha value is -1.21. The molecule has 0 aromatic heterocycles. The molecule has 0 heterocycles. The normalized spacial score (nSPS) is 9.17. The number of nitriles is 1. The first-order chi connectivity index (χ1) is 5.69. The molecule has 0 spiro atoms. The summed E-state index contributed by atoms with van der Waals surface area (Å²) >= 11 is 4.01. The molecule has 0 saturated carbocycles. The Labute approximate surface area is 75.0 Å². The molecule has 0 radical (unpaired) electrons. The van der Waals surface area contributed by atoms with E-state index in [4.69, 9.17) is 10.00 Å². The fourth-order valence-corrected chi connectivity index (χ4v) is 1.08. The minimum atomic E-state index is -0.591. The van der Waals surface area contributed by atoms with Gasteiger partial charge in [-0.05, 0) is 6.07 Å². The lowest BCUT2D eigenvalue weighted by atomic mass is 10.2. The van der Waals surface area contributed by atoms with Gasteiger partial charge in [-0.2, -0.15) is 5.26 Å². The molecule has 4 heteroatoms. The van der Waals surface area contributed by atoms with Crippen molar-refractivity contribution >= 4 is 12.6 Å². The summed E-state index contributed by atoms with van der Waals surface area (Å²) in [5, 5.41) is 8.44. The Morgan fingerprint density at radius 2 is 2.25 bits per heavy atom. The molecular formula is C8H6FNOS. The summed E-state index contributed by atoms with van der Waals surface area (Å²) in [6, 6.07) is 4.18. The molecular weight excluding hydrogens is 177 g/mol. The highest BCUT2D eigenvalue weighted by Gasteiger charge is 2.06. The molecule has 0 atom stereocenters. The van der Waals surface area contributed by atoms with E-state index in [-0.39, 0.29) is 5.56 Å². The molecule has 1 aromatic rings. The Bertz CT molecular complexity index is 345. The number of ether oxygens (including phenoxy) is 1. The van der Waals surface area contributed by atoms with Gasteiger partial charge in [-0.3, -0.25) is 0 Å². The van der Waals surface area contributed by atoms with E-state index in [9.17, 15) is 4.39 Å². The Morgan fingerprint density at radius 3 is 2.75 bits per heavy atom. The summed E-state index contributed by atoms with van der Waals surface area (Å²) in [6.45, 7) is 0. The number of benzene rings is 1. The van der Waals surface area contributed by atoms with Crippen molar-refractivity contribution in [1.29, 1.82) is 5.26 Å². The van der Waals surface area contributed by atoms with Crippen molar-refractivity contribution in [3.8, 4) is 11.8 Å². The molecule has 2 nitrogen and oxygen atoms in total. The number of nitrogens with zero attached hydrogens (tertiary/aromatic N) is 1. The summed E-state index contributed by atoms with van der Waals surface area (Å²) in [5.41, 5.74) is -0.0270. The van der Waals surface area contributed by atoms with Gasteiger partial charge in [-0.1, -0.05) is 0 Å². The highest BCUT2D eigenvalue weighted by Crippen LogP contribution is 2.25. The molecule has 0 N–H and O–H groups in total. The van der Waals surface area contributed by atoms with E-state index >= 15 is 0 Å². The van der Waals surface area contributed by atoms with E-state index < -0.39 is 5.82 Å². The van der Waals surface area contributed by atoms with Gasteiger partial charge in [0.1, 0.15) is 17.6 Å². The number of methoxy groups -OCH3 is 1. The molecule has 62 valence electrons. The SMILES string of the molecule is COc1cc(F)c(C#N)cc1S. The van der Waals surface area contributed by atoms with Crippen molar-refractivity contribution in [3.63, 3.8) is 0 Å². The van der Waals surface area contributed by atoms with Crippen molar-refractivity contribution in [3.05, 3.63) is 23.5 Å². The zero-order chi connectivity index (χ0) is 9.14. The average molecular weight is 183 g/mol. The molecule has 0 amide bonds. The van der Waals surface area contributed by atoms with Gasteiger partial charge in [0.2, 0.25) is 0 Å². The number of hydrogen-bond acceptors (Lipinski definition) is 3. The summed E-state index contributed by atoms with van der Waals surface area (Å²) in [7, 11) is 1.42. The first kappa shape index (κ1) is 8.88. The topological polar surface area (TPSA) is 33.0 Å². The van der Waals surface area contributed by atoms with E-state index in [1.807, 2.05) is 0 Å². The molecule has 0 aliphatic heterocycles. The monoisotopic (exact) mass is 183 g/mol. The van der Waals surface area contributed by atoms with Crippen LogP contribution in [0.15, 0.2) is 17.0 Å². The first-order valence-corrected chi connectivity index (χ1v) is 3.60. The highest BCUT2D eigenvalue weighted by atomic mass is 32.1. The summed E-state index contributed by atoms with van der Waals surface area (Å²) in [4.78, 5) is 0.454. The lowest BCUT2D eigenvalue weighted by Gasteiger charge is -2.03. The zero-order valence-electron chi connectivity index (χ0n) is 6.34. The molecule has 0 unspecified atom stereocenters. The summed E-state index contributed by atoms with van der Waals surface area (Å²) in [5.74, 6) is -0.262. The molecule has 0 bridgehead atoms. The molecule has 0 saturated heterocycles. The third kappa shape index (κ3) is 1.51. The van der Waals surface area contributed by atoms with Crippen LogP contribution in [0.4, 0.5) is 4.39 Å². The van der Waals surface area contributed by atoms with Crippen molar-refractivity contribution in [2.75, 3.05) is 7.11 Å². The quantitative estimate of drug-likeness (QED) is 0.675. The Morgan fingerprint density at radius 1 is 1.58 bits per heavy atom. The maximum absolute atomic E-state index is 12.9. The van der Waals surface area contributed by atoms with E-state index in [2.05, 4.69) is 12.6 Å². The Balaban J connectivity index is 3.28. The molecule has 0 aliphatic carbocycles. The maximum Gasteiger partial charge on any atom is 0.144 e. The van der Waals surface area contributed by atoms with E-state index in [0.717, 1.165) is 6.07 Å². The number of hydrogen-bond donors (Lipinski definition) is 1. The van der Waals surface area contributed by atoms with Gasteiger partial charge in [0.15, 0.2) is 0 Å². The van der Waals surface area contributed by atoms with E-state index in [1.165, 1.54) is 13.2 Å². The largest absolute Gasteiger partial charge is 0.495 e. The second kappa shape index (κ2) is 3.46. The second-order valence-corrected chi connectivity index (χ2v) is 2.60. The lowest BCUT2D eigenvalue weighted by Crippen LogP contribution is -1.89. The van der Waals surface area contributed by atoms with Crippen molar-refractivity contribution in [2.45, 2.75) is 4.90 Å². The highest BCUT2D eigenvalue weighted by molar-refractivity contribution is 7.80. The van der Waals surface area contributed by atoms with Gasteiger partial charge < -0.3 is 4.74 Å². The van der Waals surface area contributed by atoms with Crippen molar-refractivity contribution < 1.29 is 9.13 Å². The molecule has 12 heavy (non-hydrogen) atoms. The van der Waals surface area contributed by atoms with Crippen LogP contribution in [0.5, 0.6) is 5.75 Å². The van der Waals surface area contributed by atoms with Crippen LogP contribution in [0.3, 0.4) is 0 Å². The Kier molecular flexibility index (Phi) is 2.56. The zero-order valence-corrected chi connectivity index (χ0v) is 7.23. The third-order valence-corrected chi connectivity index (χ3v) is 1.74. The molecule has 1 aromatic carbocycles. The van der Waals surface area contributed by atoms with Gasteiger partial charge in [-0.25, -0.2) is 4.39 Å². The van der Waals surface area contributed by atoms with Crippen LogP contribution in [-0.4, -0.2) is 7.11 Å². The molecule has 0 aliphatic rings. The van der Waals surface area contributed by atoms with Gasteiger partial charge in [-0.15, -0.1) is 12.6 Å². The van der Waals surface area contributed by atoms with E-state index in [0.29, 0.717) is 10.6 Å². The molecule has 1 rings (SSSR count). The van der Waals surface area contributed by atoms with Crippen molar-refractivity contribution in [1.82, 2.24) is 0 Å². The van der Waals surface area contributed by atoms with Crippen LogP contribution in [0.1, 0.15) is 5.56 Å². The average Bonchev–Trinajstić information content (AvgIpc) is 2.08. The van der Waals surface area contributed by atoms with Crippen LogP contribution >= 0.6 is 12.6 Å². The van der Waals surface area contributed by atoms with Gasteiger partial charge in [0.05, 0.1) is 12.7 Å². The van der Waals surface area contributed by atoms with Gasteiger partial charge >= 0.3 is 0 Å². The lowest BCUT2D eigenvalue weighted by molar-refractivity contribution is 0.401. The minimum absolute atomic E-state index is 0.0270. The van der Waals surface area contributed by atoms with Gasteiger partial charge in [0.25, 0.3) is 0 Å². The van der Waals surface area contributed by atoms with Crippen LogP contribution in [0, 0.1) is 17.1 Å². The molecule has 0 fully saturated rings. The number of thiol groups is 1. The smallest absolute Gasteiger partial charge is 0.144 e. The van der Waals surface area contributed by atoms with Crippen LogP contribution in [-0.2, 0) is 0 Å². The predicted octanol–water partition coefficient (Wildman–Crippen LogP) is 1.99. The first-order valence-electron chi connectivity index (χ1n) is 3.15. The number of halogens is 1. The van der Waals surface area contributed by atoms with Crippen LogP contribution in [0.2, 0.25) is 0 Å². The predicted molar refractivity (Wildman–Crippen MR) is 44.9 cm³/mol. The second-order valence-electron chi connectivity index (χ2n) is 2.12. The fraction of sp³-hybridized carbons (Fsp3) is 0.125. The maximum atomic E-state index is 12.9. The third-order valence-electron chi connectivity index (χ3n) is 1.39. The number of rotatable bonds is 1. The minimum Gasteiger partial charge on any atom is -0.495 e. The van der Waals surface area contributed by atoms with E-state index in [1.54, 1.807) is 6.07 Å². The van der Waals surface area contributed by atoms with Gasteiger partial charge in [0, 0.05) is 11.0 Å². The summed E-state index contributed by atoms with van der Waals surface area (Å²) in [6.07, 6.45) is 0. The standard InChI is InChI=1S/C8H6FNOS/c1-11-7-3-6(9)5(4-10)2-8(7)12/h2-3,12H,1H3. The summed E-state index contributed by atoms with van der Waals surface area (Å²) < 4.78 is 17.7. The fourth-order valence-electron chi connectivity index (χ4n) is 0.793. The van der Waals surface area contributed by atoms with Crippen LogP contribution < -0.4 is 4.74 Å². The van der Waals surface area contributed by atoms with Crippen LogP contribution in [0.25, 0.3) is 0 Å². The van der Waals surface area contributed by atoms with Crippen molar-refractivity contribution in [2.24, 2.45) is 0 Å².